The van der Waals surface area contributed by atoms with E-state index >= 15 is 0 Å². The Morgan fingerprint density at radius 3 is 2.40 bits per heavy atom. The second-order valence-corrected chi connectivity index (χ2v) is 7.63. The number of anilines is 4. The van der Waals surface area contributed by atoms with Crippen molar-refractivity contribution in [3.63, 3.8) is 0 Å². The van der Waals surface area contributed by atoms with Crippen LogP contribution in [0.1, 0.15) is 0 Å². The molecule has 1 aliphatic rings. The van der Waals surface area contributed by atoms with E-state index in [1.807, 2.05) is 54.7 Å². The first-order valence-electron chi connectivity index (χ1n) is 9.95. The van der Waals surface area contributed by atoms with Crippen LogP contribution in [-0.4, -0.2) is 41.1 Å². The zero-order valence-corrected chi connectivity index (χ0v) is 17.1. The number of hydrogen-bond donors (Lipinski definition) is 1. The van der Waals surface area contributed by atoms with E-state index in [0.29, 0.717) is 11.0 Å². The lowest BCUT2D eigenvalue weighted by atomic mass is 10.1. The molecule has 1 aliphatic heterocycles. The van der Waals surface area contributed by atoms with Gasteiger partial charge in [0.1, 0.15) is 5.82 Å². The number of rotatable bonds is 4. The highest BCUT2D eigenvalue weighted by molar-refractivity contribution is 6.31. The highest BCUT2D eigenvalue weighted by Gasteiger charge is 2.20. The molecule has 3 heterocycles. The van der Waals surface area contributed by atoms with Gasteiger partial charge in [-0.25, -0.2) is 4.98 Å². The van der Waals surface area contributed by atoms with Gasteiger partial charge in [-0.05, 0) is 42.5 Å². The number of nitrogens with one attached hydrogen (secondary N) is 1. The van der Waals surface area contributed by atoms with Crippen LogP contribution in [0.4, 0.5) is 23.1 Å². The highest BCUT2D eigenvalue weighted by Crippen LogP contribution is 2.29. The van der Waals surface area contributed by atoms with Crippen molar-refractivity contribution in [1.29, 1.82) is 0 Å². The van der Waals surface area contributed by atoms with Gasteiger partial charge in [-0.15, -0.1) is 0 Å². The van der Waals surface area contributed by atoms with E-state index < -0.39 is 0 Å². The Labute approximate surface area is 180 Å². The molecule has 0 bridgehead atoms. The maximum atomic E-state index is 6.13. The van der Waals surface area contributed by atoms with Crippen LogP contribution in [0.15, 0.2) is 73.1 Å². The summed E-state index contributed by atoms with van der Waals surface area (Å²) >= 11 is 6.13. The van der Waals surface area contributed by atoms with E-state index in [2.05, 4.69) is 37.2 Å². The van der Waals surface area contributed by atoms with Crippen molar-refractivity contribution in [2.24, 2.45) is 0 Å². The van der Waals surface area contributed by atoms with Crippen molar-refractivity contribution >= 4 is 45.6 Å². The van der Waals surface area contributed by atoms with Crippen LogP contribution in [0.5, 0.6) is 0 Å². The molecule has 7 heteroatoms. The molecule has 1 N–H and O–H groups in total. The summed E-state index contributed by atoms with van der Waals surface area (Å²) in [7, 11) is 0. The highest BCUT2D eigenvalue weighted by atomic mass is 35.5. The fourth-order valence-corrected chi connectivity index (χ4v) is 3.96. The zero-order chi connectivity index (χ0) is 20.3. The van der Waals surface area contributed by atoms with Gasteiger partial charge in [0, 0.05) is 60.4 Å². The Hall–Kier alpha value is -3.38. The molecule has 2 aromatic carbocycles. The third kappa shape index (κ3) is 3.86. The van der Waals surface area contributed by atoms with Gasteiger partial charge in [-0.3, -0.25) is 4.98 Å². The van der Waals surface area contributed by atoms with Crippen LogP contribution < -0.4 is 15.1 Å². The van der Waals surface area contributed by atoms with Gasteiger partial charge in [0.25, 0.3) is 0 Å². The summed E-state index contributed by atoms with van der Waals surface area (Å²) < 4.78 is 0. The maximum absolute atomic E-state index is 6.13. The molecule has 4 aromatic rings. The van der Waals surface area contributed by atoms with Gasteiger partial charge in [0.05, 0.1) is 5.52 Å². The summed E-state index contributed by atoms with van der Waals surface area (Å²) in [6, 6.07) is 19.9. The first-order chi connectivity index (χ1) is 14.8. The Balaban J connectivity index is 1.30. The molecular weight excluding hydrogens is 396 g/mol. The number of fused-ring (bicyclic) bond motifs is 1. The van der Waals surface area contributed by atoms with E-state index in [9.17, 15) is 0 Å². The van der Waals surface area contributed by atoms with Gasteiger partial charge in [0.15, 0.2) is 0 Å². The fraction of sp³-hybridized carbons (Fsp3) is 0.174. The zero-order valence-electron chi connectivity index (χ0n) is 16.4. The first-order valence-corrected chi connectivity index (χ1v) is 10.3. The molecule has 0 atom stereocenters. The number of piperazine rings is 1. The number of hydrogen-bond acceptors (Lipinski definition) is 6. The third-order valence-corrected chi connectivity index (χ3v) is 5.53. The number of para-hydroxylation sites is 1. The van der Waals surface area contributed by atoms with Gasteiger partial charge < -0.3 is 15.1 Å². The summed E-state index contributed by atoms with van der Waals surface area (Å²) in [6.07, 6.45) is 3.66. The summed E-state index contributed by atoms with van der Waals surface area (Å²) in [4.78, 5) is 18.2. The molecule has 0 amide bonds. The molecule has 0 aliphatic carbocycles. The maximum Gasteiger partial charge on any atom is 0.229 e. The second-order valence-electron chi connectivity index (χ2n) is 7.20. The average Bonchev–Trinajstić information content (AvgIpc) is 2.79. The van der Waals surface area contributed by atoms with Crippen LogP contribution in [-0.2, 0) is 0 Å². The normalized spacial score (nSPS) is 14.2. The molecule has 30 heavy (non-hydrogen) atoms. The van der Waals surface area contributed by atoms with E-state index in [1.165, 1.54) is 5.69 Å². The van der Waals surface area contributed by atoms with E-state index in [-0.39, 0.29) is 0 Å². The molecule has 0 unspecified atom stereocenters. The van der Waals surface area contributed by atoms with E-state index in [4.69, 9.17) is 16.6 Å². The molecular formula is C23H21ClN6. The number of nitrogens with zero attached hydrogens (tertiary/aromatic N) is 5. The predicted molar refractivity (Wildman–Crippen MR) is 123 cm³/mol. The minimum absolute atomic E-state index is 0.609. The van der Waals surface area contributed by atoms with Crippen molar-refractivity contribution < 1.29 is 0 Å². The number of halogens is 1. The molecule has 6 nitrogen and oxygen atoms in total. The number of pyridine rings is 1. The summed E-state index contributed by atoms with van der Waals surface area (Å²) in [5.74, 6) is 1.55. The molecule has 0 spiro atoms. The van der Waals surface area contributed by atoms with Crippen molar-refractivity contribution in [2.75, 3.05) is 41.3 Å². The number of aromatic nitrogens is 3. The van der Waals surface area contributed by atoms with Gasteiger partial charge in [0.2, 0.25) is 5.95 Å². The SMILES string of the molecule is Clc1ccc2c(N3CCN(c4ccnc(Nc5ccccc5)n4)CC3)ccnc2c1. The molecule has 0 radical (unpaired) electrons. The lowest BCUT2D eigenvalue weighted by molar-refractivity contribution is 0.648. The van der Waals surface area contributed by atoms with Crippen LogP contribution in [0.25, 0.3) is 10.9 Å². The molecule has 0 saturated carbocycles. The van der Waals surface area contributed by atoms with Crippen molar-refractivity contribution in [1.82, 2.24) is 15.0 Å². The first kappa shape index (κ1) is 18.6. The smallest absolute Gasteiger partial charge is 0.229 e. The second kappa shape index (κ2) is 8.16. The standard InChI is InChI=1S/C23H21ClN6/c24-17-6-7-19-20(16-17)25-10-8-21(19)29-12-14-30(15-13-29)22-9-11-26-23(28-22)27-18-4-2-1-3-5-18/h1-11,16H,12-15H2,(H,26,27,28). The summed E-state index contributed by atoms with van der Waals surface area (Å²) in [5, 5.41) is 5.11. The predicted octanol–water partition coefficient (Wildman–Crippen LogP) is 4.75. The quantitative estimate of drug-likeness (QED) is 0.518. The van der Waals surface area contributed by atoms with Gasteiger partial charge in [-0.2, -0.15) is 4.98 Å². The van der Waals surface area contributed by atoms with Crippen LogP contribution in [0.2, 0.25) is 5.02 Å². The Morgan fingerprint density at radius 1 is 0.800 bits per heavy atom. The van der Waals surface area contributed by atoms with Gasteiger partial charge in [-0.1, -0.05) is 29.8 Å². The summed E-state index contributed by atoms with van der Waals surface area (Å²) in [5.41, 5.74) is 3.10. The summed E-state index contributed by atoms with van der Waals surface area (Å²) in [6.45, 7) is 3.60. The van der Waals surface area contributed by atoms with Gasteiger partial charge >= 0.3 is 0 Å². The molecule has 1 saturated heterocycles. The van der Waals surface area contributed by atoms with E-state index in [1.54, 1.807) is 6.20 Å². The van der Waals surface area contributed by atoms with Crippen LogP contribution in [0, 0.1) is 0 Å². The van der Waals surface area contributed by atoms with Crippen LogP contribution >= 0.6 is 11.6 Å². The lowest BCUT2D eigenvalue weighted by Crippen LogP contribution is -2.47. The Kier molecular flexibility index (Phi) is 5.07. The Morgan fingerprint density at radius 2 is 1.57 bits per heavy atom. The van der Waals surface area contributed by atoms with E-state index in [0.717, 1.165) is 48.6 Å². The minimum Gasteiger partial charge on any atom is -0.367 e. The fourth-order valence-electron chi connectivity index (χ4n) is 3.79. The van der Waals surface area contributed by atoms with Crippen molar-refractivity contribution in [2.45, 2.75) is 0 Å². The van der Waals surface area contributed by atoms with Crippen molar-refractivity contribution in [3.8, 4) is 0 Å². The molecule has 1 fully saturated rings. The minimum atomic E-state index is 0.609. The largest absolute Gasteiger partial charge is 0.367 e. The Bertz CT molecular complexity index is 1160. The van der Waals surface area contributed by atoms with Crippen molar-refractivity contribution in [3.05, 3.63) is 78.1 Å². The third-order valence-electron chi connectivity index (χ3n) is 5.30. The average molecular weight is 417 g/mol. The topological polar surface area (TPSA) is 57.2 Å². The monoisotopic (exact) mass is 416 g/mol. The van der Waals surface area contributed by atoms with Crippen LogP contribution in [0.3, 0.4) is 0 Å². The molecule has 5 rings (SSSR count). The molecule has 2 aromatic heterocycles. The molecule has 150 valence electrons. The lowest BCUT2D eigenvalue weighted by Gasteiger charge is -2.37. The number of benzene rings is 2.